The number of carboxylic acid groups (broad SMARTS) is 1. The first kappa shape index (κ1) is 37.2. The van der Waals surface area contributed by atoms with Crippen LogP contribution in [0.3, 0.4) is 0 Å². The summed E-state index contributed by atoms with van der Waals surface area (Å²) < 4.78 is 125. The van der Waals surface area contributed by atoms with E-state index in [0.717, 1.165) is 19.4 Å². The fourth-order valence-corrected chi connectivity index (χ4v) is 5.10. The normalized spacial score (nSPS) is 23.0. The smallest absolute Gasteiger partial charge is 0.475 e. The van der Waals surface area contributed by atoms with Crippen molar-refractivity contribution in [2.24, 2.45) is 0 Å². The average Bonchev–Trinajstić information content (AvgIpc) is 3.57. The molecule has 270 valence electrons. The van der Waals surface area contributed by atoms with Gasteiger partial charge >= 0.3 is 30.6 Å². The number of nitrogens with zero attached hydrogens (tertiary/aromatic N) is 5. The van der Waals surface area contributed by atoms with E-state index < -0.39 is 59.0 Å². The molecule has 21 heteroatoms. The van der Waals surface area contributed by atoms with Crippen LogP contribution < -0.4 is 5.32 Å². The van der Waals surface area contributed by atoms with E-state index in [1.165, 1.54) is 4.90 Å². The summed E-state index contributed by atoms with van der Waals surface area (Å²) in [4.78, 5) is 30.5. The van der Waals surface area contributed by atoms with Gasteiger partial charge in [-0.15, -0.1) is 0 Å². The summed E-state index contributed by atoms with van der Waals surface area (Å²) in [6.45, 7) is 6.56. The molecule has 2 aromatic rings. The van der Waals surface area contributed by atoms with Crippen molar-refractivity contribution in [2.45, 2.75) is 119 Å². The number of rotatable bonds is 4. The molecule has 2 aliphatic heterocycles. The first-order valence-electron chi connectivity index (χ1n) is 14.9. The van der Waals surface area contributed by atoms with Crippen LogP contribution in [0.4, 0.5) is 44.3 Å². The van der Waals surface area contributed by atoms with Gasteiger partial charge in [0.2, 0.25) is 11.8 Å². The maximum absolute atomic E-state index is 13.1. The molecule has 0 spiro atoms. The molecule has 0 unspecified atom stereocenters. The first-order valence-corrected chi connectivity index (χ1v) is 14.9. The van der Waals surface area contributed by atoms with Gasteiger partial charge in [-0.25, -0.2) is 9.59 Å². The van der Waals surface area contributed by atoms with E-state index in [1.807, 2.05) is 0 Å². The Bertz CT molecular complexity index is 1430. The lowest BCUT2D eigenvalue weighted by Crippen LogP contribution is -2.36. The Labute approximate surface area is 266 Å². The van der Waals surface area contributed by atoms with Crippen LogP contribution in [0.1, 0.15) is 108 Å². The summed E-state index contributed by atoms with van der Waals surface area (Å²) in [6.07, 6.45) is -11.2. The molecular formula is C27H33F9N6O6. The van der Waals surface area contributed by atoms with E-state index in [2.05, 4.69) is 25.6 Å². The maximum atomic E-state index is 13.1. The molecule has 0 radical (unpaired) electrons. The van der Waals surface area contributed by atoms with Gasteiger partial charge in [-0.1, -0.05) is 10.3 Å². The van der Waals surface area contributed by atoms with Crippen LogP contribution in [0.2, 0.25) is 0 Å². The molecule has 48 heavy (non-hydrogen) atoms. The van der Waals surface area contributed by atoms with Crippen molar-refractivity contribution in [1.29, 1.82) is 0 Å². The van der Waals surface area contributed by atoms with Crippen LogP contribution in [0, 0.1) is 0 Å². The highest BCUT2D eigenvalue weighted by Gasteiger charge is 2.69. The Hall–Kier alpha value is -3.65. The molecule has 2 aromatic heterocycles. The number of hydrogen-bond donors (Lipinski definition) is 2. The highest BCUT2D eigenvalue weighted by atomic mass is 19.4. The van der Waals surface area contributed by atoms with Gasteiger partial charge in [-0.05, 0) is 78.7 Å². The Balaban J connectivity index is 0.000000188. The van der Waals surface area contributed by atoms with Crippen molar-refractivity contribution < 1.29 is 68.0 Å². The molecule has 6 rings (SSSR count). The number of aromatic nitrogens is 4. The Morgan fingerprint density at radius 3 is 1.71 bits per heavy atom. The van der Waals surface area contributed by atoms with Crippen LogP contribution in [0.25, 0.3) is 0 Å². The van der Waals surface area contributed by atoms with Crippen LogP contribution >= 0.6 is 0 Å². The molecule has 2 saturated carbocycles. The largest absolute Gasteiger partial charge is 0.490 e. The van der Waals surface area contributed by atoms with E-state index in [1.54, 1.807) is 20.8 Å². The lowest BCUT2D eigenvalue weighted by Gasteiger charge is -2.27. The average molecular weight is 709 g/mol. The number of likely N-dealkylation sites (tertiary alicyclic amines) is 1. The predicted molar refractivity (Wildman–Crippen MR) is 141 cm³/mol. The minimum atomic E-state index is -5.08. The SMILES string of the molecule is CC(C)(C)OC(=O)N1CCC[C@H]1c1noc(C2(C(F)(F)F)CC2)n1.FC(F)(F)C1(c2nc([C@@H]3CCCN3)no2)CC1.O=C(O)C(F)(F)F. The van der Waals surface area contributed by atoms with Crippen molar-refractivity contribution in [2.75, 3.05) is 13.1 Å². The Morgan fingerprint density at radius 1 is 0.833 bits per heavy atom. The highest BCUT2D eigenvalue weighted by Crippen LogP contribution is 2.59. The van der Waals surface area contributed by atoms with Gasteiger partial charge in [0.25, 0.3) is 0 Å². The van der Waals surface area contributed by atoms with Gasteiger partial charge in [0.15, 0.2) is 11.6 Å². The van der Waals surface area contributed by atoms with Gasteiger partial charge in [-0.3, -0.25) is 4.90 Å². The van der Waals surface area contributed by atoms with Crippen LogP contribution in [-0.4, -0.2) is 79.6 Å². The molecule has 2 atom stereocenters. The van der Waals surface area contributed by atoms with E-state index in [0.29, 0.717) is 25.2 Å². The number of hydrogen-bond acceptors (Lipinski definition) is 10. The van der Waals surface area contributed by atoms with Crippen molar-refractivity contribution >= 4 is 12.1 Å². The highest BCUT2D eigenvalue weighted by molar-refractivity contribution is 5.73. The summed E-state index contributed by atoms with van der Waals surface area (Å²) in [5.41, 5.74) is -4.52. The summed E-state index contributed by atoms with van der Waals surface area (Å²) in [6, 6.07) is -0.571. The minimum absolute atomic E-state index is 0.0431. The number of alkyl halides is 9. The second-order valence-electron chi connectivity index (χ2n) is 12.9. The standard InChI is InChI=1S/C15H20F3N3O3.C10H12F3N3O.C2HF3O2/c1-13(2,3)23-12(22)21-8-4-5-9(21)10-19-11(24-20-10)14(6-7-14)15(16,17)18;11-10(12,13)9(3-4-9)8-15-7(16-17-8)6-2-1-5-14-6;3-2(4,5)1(6)7/h9H,4-8H2,1-3H3;6,14H,1-5H2;(H,6,7)/t9-;6-;/m00./s1. The van der Waals surface area contributed by atoms with Crippen molar-refractivity contribution in [1.82, 2.24) is 30.5 Å². The number of aliphatic carboxylic acids is 1. The third-order valence-corrected chi connectivity index (χ3v) is 8.08. The molecule has 4 fully saturated rings. The van der Waals surface area contributed by atoms with Crippen LogP contribution in [0.5, 0.6) is 0 Å². The summed E-state index contributed by atoms with van der Waals surface area (Å²) >= 11 is 0. The number of carboxylic acids is 1. The molecule has 4 heterocycles. The Morgan fingerprint density at radius 2 is 1.31 bits per heavy atom. The molecule has 2 saturated heterocycles. The zero-order valence-electron chi connectivity index (χ0n) is 25.9. The molecule has 0 bridgehead atoms. The molecule has 12 nitrogen and oxygen atoms in total. The first-order chi connectivity index (χ1) is 22.0. The zero-order chi connectivity index (χ0) is 35.9. The minimum Gasteiger partial charge on any atom is -0.475 e. The van der Waals surface area contributed by atoms with Gasteiger partial charge in [-0.2, -0.15) is 49.5 Å². The molecular weight excluding hydrogens is 675 g/mol. The molecule has 1 amide bonds. The van der Waals surface area contributed by atoms with Gasteiger partial charge in [0.1, 0.15) is 16.4 Å². The third-order valence-electron chi connectivity index (χ3n) is 8.08. The van der Waals surface area contributed by atoms with Gasteiger partial charge in [0, 0.05) is 6.54 Å². The summed E-state index contributed by atoms with van der Waals surface area (Å²) in [7, 11) is 0. The van der Waals surface area contributed by atoms with E-state index in [-0.39, 0.29) is 43.4 Å². The molecule has 2 N–H and O–H groups in total. The monoisotopic (exact) mass is 708 g/mol. The van der Waals surface area contributed by atoms with E-state index >= 15 is 0 Å². The van der Waals surface area contributed by atoms with E-state index in [4.69, 9.17) is 23.7 Å². The number of nitrogens with one attached hydrogen (secondary N) is 1. The Kier molecular flexibility index (Phi) is 10.1. The second kappa shape index (κ2) is 13.0. The number of ether oxygens (including phenoxy) is 1. The summed E-state index contributed by atoms with van der Waals surface area (Å²) in [5.74, 6) is -2.96. The number of carbonyl (C=O) groups is 2. The van der Waals surface area contributed by atoms with Crippen LogP contribution in [-0.2, 0) is 20.4 Å². The van der Waals surface area contributed by atoms with Crippen molar-refractivity contribution in [3.8, 4) is 0 Å². The number of amides is 1. The van der Waals surface area contributed by atoms with Crippen LogP contribution in [0.15, 0.2) is 9.05 Å². The second-order valence-corrected chi connectivity index (χ2v) is 12.9. The molecule has 2 aliphatic carbocycles. The predicted octanol–water partition coefficient (Wildman–Crippen LogP) is 6.46. The van der Waals surface area contributed by atoms with Crippen molar-refractivity contribution in [3.05, 3.63) is 23.4 Å². The fraction of sp³-hybridized carbons (Fsp3) is 0.778. The lowest BCUT2D eigenvalue weighted by molar-refractivity contribution is -0.192. The van der Waals surface area contributed by atoms with Gasteiger partial charge < -0.3 is 24.2 Å². The lowest BCUT2D eigenvalue weighted by atomic mass is 10.1. The number of carbonyl (C=O) groups excluding carboxylic acids is 1. The zero-order valence-corrected chi connectivity index (χ0v) is 25.9. The third kappa shape index (κ3) is 8.13. The summed E-state index contributed by atoms with van der Waals surface area (Å²) in [5, 5.41) is 17.6. The van der Waals surface area contributed by atoms with Gasteiger partial charge in [0.05, 0.1) is 12.1 Å². The molecule has 0 aromatic carbocycles. The number of halogens is 9. The quantitative estimate of drug-likeness (QED) is 0.336. The topological polar surface area (TPSA) is 157 Å². The maximum Gasteiger partial charge on any atom is 0.490 e. The van der Waals surface area contributed by atoms with Crippen molar-refractivity contribution in [3.63, 3.8) is 0 Å². The fourth-order valence-electron chi connectivity index (χ4n) is 5.10. The molecule has 4 aliphatic rings. The van der Waals surface area contributed by atoms with E-state index in [9.17, 15) is 44.3 Å².